The second-order valence-electron chi connectivity index (χ2n) is 4.86. The lowest BCUT2D eigenvalue weighted by molar-refractivity contribution is 0.0967. The first-order chi connectivity index (χ1) is 10.1. The number of para-hydroxylation sites is 1. The van der Waals surface area contributed by atoms with Crippen molar-refractivity contribution in [3.05, 3.63) is 56.9 Å². The van der Waals surface area contributed by atoms with Crippen LogP contribution in [0.4, 0.5) is 0 Å². The largest absolute Gasteiger partial charge is 0.330 e. The smallest absolute Gasteiger partial charge is 0.272 e. The summed E-state index contributed by atoms with van der Waals surface area (Å²) < 4.78 is 2.39. The number of hydrogen-bond acceptors (Lipinski definition) is 3. The van der Waals surface area contributed by atoms with Crippen LogP contribution in [0.5, 0.6) is 0 Å². The number of benzene rings is 1. The Bertz CT molecular complexity index is 819. The molecule has 0 aliphatic rings. The Labute approximate surface area is 131 Å². The molecule has 0 radical (unpaired) electrons. The Hall–Kier alpha value is -1.62. The quantitative estimate of drug-likeness (QED) is 0.797. The van der Waals surface area contributed by atoms with Gasteiger partial charge in [-0.1, -0.05) is 29.8 Å². The van der Waals surface area contributed by atoms with Crippen molar-refractivity contribution in [2.45, 2.75) is 13.3 Å². The monoisotopic (exact) mass is 318 g/mol. The maximum absolute atomic E-state index is 12.8. The van der Waals surface area contributed by atoms with E-state index in [9.17, 15) is 4.79 Å². The Morgan fingerprint density at radius 2 is 2.05 bits per heavy atom. The van der Waals surface area contributed by atoms with Crippen LogP contribution in [0.2, 0.25) is 4.34 Å². The second-order valence-corrected chi connectivity index (χ2v) is 6.58. The maximum Gasteiger partial charge on any atom is 0.272 e. The Morgan fingerprint density at radius 1 is 1.29 bits per heavy atom. The van der Waals surface area contributed by atoms with Gasteiger partial charge < -0.3 is 5.73 Å². The van der Waals surface area contributed by atoms with E-state index in [-0.39, 0.29) is 5.91 Å². The molecule has 0 atom stereocenters. The van der Waals surface area contributed by atoms with E-state index in [0.29, 0.717) is 15.8 Å². The van der Waals surface area contributed by atoms with E-state index in [1.54, 1.807) is 16.7 Å². The first kappa shape index (κ1) is 14.3. The molecule has 3 rings (SSSR count). The molecule has 2 heterocycles. The van der Waals surface area contributed by atoms with Crippen LogP contribution in [0, 0.1) is 6.92 Å². The molecule has 0 bridgehead atoms. The summed E-state index contributed by atoms with van der Waals surface area (Å²) in [5.41, 5.74) is 8.73. The number of carbonyl (C=O) groups is 1. The van der Waals surface area contributed by atoms with Gasteiger partial charge in [0, 0.05) is 11.1 Å². The predicted molar refractivity (Wildman–Crippen MR) is 88.5 cm³/mol. The average molecular weight is 319 g/mol. The third-order valence-electron chi connectivity index (χ3n) is 3.62. The first-order valence-corrected chi connectivity index (χ1v) is 7.92. The van der Waals surface area contributed by atoms with Crippen molar-refractivity contribution in [2.24, 2.45) is 5.73 Å². The van der Waals surface area contributed by atoms with Gasteiger partial charge in [0.05, 0.1) is 14.7 Å². The van der Waals surface area contributed by atoms with E-state index in [4.69, 9.17) is 17.3 Å². The Balaban J connectivity index is 2.22. The van der Waals surface area contributed by atoms with Crippen molar-refractivity contribution < 1.29 is 4.79 Å². The molecule has 108 valence electrons. The summed E-state index contributed by atoms with van der Waals surface area (Å²) >= 11 is 7.25. The highest BCUT2D eigenvalue weighted by atomic mass is 35.5. The summed E-state index contributed by atoms with van der Waals surface area (Å²) in [5, 5.41) is 1.09. The van der Waals surface area contributed by atoms with E-state index in [0.717, 1.165) is 28.6 Å². The summed E-state index contributed by atoms with van der Waals surface area (Å²) in [6, 6.07) is 11.5. The van der Waals surface area contributed by atoms with Crippen LogP contribution in [0.1, 0.15) is 20.9 Å². The zero-order valence-electron chi connectivity index (χ0n) is 11.6. The molecular formula is C16H15ClN2OS. The van der Waals surface area contributed by atoms with Crippen LogP contribution >= 0.6 is 22.9 Å². The molecule has 2 N–H and O–H groups in total. The van der Waals surface area contributed by atoms with Gasteiger partial charge in [-0.25, -0.2) is 0 Å². The number of nitrogens with two attached hydrogens (primary N) is 1. The Morgan fingerprint density at radius 3 is 2.71 bits per heavy atom. The number of fused-ring (bicyclic) bond motifs is 1. The minimum atomic E-state index is -0.0381. The number of aromatic nitrogens is 1. The van der Waals surface area contributed by atoms with Gasteiger partial charge in [-0.05, 0) is 43.7 Å². The number of nitrogens with zero attached hydrogens (tertiary/aromatic N) is 1. The first-order valence-electron chi connectivity index (χ1n) is 6.72. The summed E-state index contributed by atoms with van der Waals surface area (Å²) in [6.07, 6.45) is 0.762. The molecule has 21 heavy (non-hydrogen) atoms. The van der Waals surface area contributed by atoms with Crippen LogP contribution in [0.15, 0.2) is 36.4 Å². The van der Waals surface area contributed by atoms with Crippen LogP contribution in [-0.2, 0) is 6.42 Å². The predicted octanol–water partition coefficient (Wildman–Crippen LogP) is 3.85. The zero-order chi connectivity index (χ0) is 15.0. The third kappa shape index (κ3) is 2.39. The molecule has 3 aromatic rings. The van der Waals surface area contributed by atoms with Crippen LogP contribution in [0.3, 0.4) is 0 Å². The van der Waals surface area contributed by atoms with Crippen LogP contribution in [0.25, 0.3) is 10.9 Å². The lowest BCUT2D eigenvalue weighted by atomic mass is 10.1. The van der Waals surface area contributed by atoms with Gasteiger partial charge in [-0.2, -0.15) is 0 Å². The highest BCUT2D eigenvalue weighted by molar-refractivity contribution is 7.18. The Kier molecular flexibility index (Phi) is 3.85. The number of halogens is 1. The van der Waals surface area contributed by atoms with Gasteiger partial charge in [-0.15, -0.1) is 11.3 Å². The molecule has 0 unspecified atom stereocenters. The molecule has 0 saturated heterocycles. The van der Waals surface area contributed by atoms with Crippen molar-refractivity contribution >= 4 is 39.7 Å². The fourth-order valence-electron chi connectivity index (χ4n) is 2.70. The maximum atomic E-state index is 12.8. The van der Waals surface area contributed by atoms with Crippen molar-refractivity contribution in [3.8, 4) is 0 Å². The molecule has 2 aromatic heterocycles. The van der Waals surface area contributed by atoms with E-state index >= 15 is 0 Å². The van der Waals surface area contributed by atoms with E-state index < -0.39 is 0 Å². The molecule has 0 saturated carbocycles. The van der Waals surface area contributed by atoms with E-state index in [1.807, 2.05) is 31.2 Å². The topological polar surface area (TPSA) is 48.0 Å². The molecule has 0 aliphatic heterocycles. The van der Waals surface area contributed by atoms with E-state index in [2.05, 4.69) is 0 Å². The van der Waals surface area contributed by atoms with Gasteiger partial charge in [0.25, 0.3) is 5.91 Å². The second kappa shape index (κ2) is 5.64. The van der Waals surface area contributed by atoms with Crippen molar-refractivity contribution in [1.82, 2.24) is 4.57 Å². The molecule has 0 fully saturated rings. The molecule has 0 spiro atoms. The third-order valence-corrected chi connectivity index (χ3v) is 4.84. The lowest BCUT2D eigenvalue weighted by Gasteiger charge is -2.05. The summed E-state index contributed by atoms with van der Waals surface area (Å²) in [4.78, 5) is 13.4. The molecule has 1 aromatic carbocycles. The van der Waals surface area contributed by atoms with Gasteiger partial charge in [0.1, 0.15) is 0 Å². The number of carbonyl (C=O) groups excluding carboxylic acids is 1. The minimum absolute atomic E-state index is 0.0381. The van der Waals surface area contributed by atoms with Gasteiger partial charge in [0.2, 0.25) is 0 Å². The summed E-state index contributed by atoms with van der Waals surface area (Å²) in [7, 11) is 0. The molecular weight excluding hydrogens is 304 g/mol. The van der Waals surface area contributed by atoms with Crippen LogP contribution in [-0.4, -0.2) is 17.0 Å². The van der Waals surface area contributed by atoms with Gasteiger partial charge in [-0.3, -0.25) is 9.36 Å². The standard InChI is InChI=1S/C16H15ClN2OS/c1-10-11(8-9-18)12-4-2-3-5-13(12)19(10)16(20)14-6-7-15(17)21-14/h2-7H,8-9,18H2,1H3. The highest BCUT2D eigenvalue weighted by Gasteiger charge is 2.20. The average Bonchev–Trinajstić information content (AvgIpc) is 3.02. The zero-order valence-corrected chi connectivity index (χ0v) is 13.2. The minimum Gasteiger partial charge on any atom is -0.330 e. The van der Waals surface area contributed by atoms with Gasteiger partial charge >= 0.3 is 0 Å². The number of hydrogen-bond donors (Lipinski definition) is 1. The van der Waals surface area contributed by atoms with Crippen molar-refractivity contribution in [2.75, 3.05) is 6.54 Å². The van der Waals surface area contributed by atoms with Crippen molar-refractivity contribution in [3.63, 3.8) is 0 Å². The number of thiophene rings is 1. The highest BCUT2D eigenvalue weighted by Crippen LogP contribution is 2.29. The lowest BCUT2D eigenvalue weighted by Crippen LogP contribution is -2.12. The molecule has 3 nitrogen and oxygen atoms in total. The number of rotatable bonds is 3. The SMILES string of the molecule is Cc1c(CCN)c2ccccc2n1C(=O)c1ccc(Cl)s1. The molecule has 5 heteroatoms. The van der Waals surface area contributed by atoms with E-state index in [1.165, 1.54) is 11.3 Å². The fourth-order valence-corrected chi connectivity index (χ4v) is 3.67. The molecule has 0 aliphatic carbocycles. The van der Waals surface area contributed by atoms with Crippen LogP contribution < -0.4 is 5.73 Å². The van der Waals surface area contributed by atoms with Crippen molar-refractivity contribution in [1.29, 1.82) is 0 Å². The molecule has 0 amide bonds. The summed E-state index contributed by atoms with van der Waals surface area (Å²) in [6.45, 7) is 2.53. The van der Waals surface area contributed by atoms with Gasteiger partial charge in [0.15, 0.2) is 0 Å². The fraction of sp³-hybridized carbons (Fsp3) is 0.188. The normalized spacial score (nSPS) is 11.2. The summed E-state index contributed by atoms with van der Waals surface area (Å²) in [5.74, 6) is -0.0381.